The van der Waals surface area contributed by atoms with E-state index in [-0.39, 0.29) is 63.1 Å². The van der Waals surface area contributed by atoms with Crippen molar-refractivity contribution in [2.75, 3.05) is 57.1 Å². The molecule has 0 saturated carbocycles. The van der Waals surface area contributed by atoms with Crippen LogP contribution in [0.4, 0.5) is 32.8 Å². The summed E-state index contributed by atoms with van der Waals surface area (Å²) in [6.45, 7) is 10.5. The number of nitrogen functional groups attached to an aromatic ring is 1. The number of aliphatic hydroxyl groups is 1. The second-order valence-electron chi connectivity index (χ2n) is 13.0. The van der Waals surface area contributed by atoms with E-state index in [1.54, 1.807) is 17.9 Å². The van der Waals surface area contributed by atoms with E-state index < -0.39 is 53.0 Å². The minimum Gasteiger partial charge on any atom is -0.467 e. The van der Waals surface area contributed by atoms with Gasteiger partial charge in [0.1, 0.15) is 34.8 Å². The van der Waals surface area contributed by atoms with Crippen LogP contribution in [0.3, 0.4) is 0 Å². The molecule has 280 valence electrons. The van der Waals surface area contributed by atoms with Crippen LogP contribution < -0.4 is 15.4 Å². The standard InChI is InChI=1S/C26H21F5N6O3S.C8H15N.C2H6/c1-11-9-36(5-6-37(11)17(39)10-38)24-13-7-15(26(29,30)31)19(20(28)21(13)34-25(35-24)40-2)12-3-4-16(27)22-18(12)14(8-32)23(33)41-22;1-7-5-8-3-2-4-9(8)6-7;1-2/h3-4,7,11,38H,5-6,9-10,33H2,1-2H3;7-8H,2-6H2,1H3;1-2H3/t;7-,8?;/m.1./s1. The van der Waals surface area contributed by atoms with E-state index in [1.165, 1.54) is 44.4 Å². The number of halogens is 5. The Morgan fingerprint density at radius 2 is 1.88 bits per heavy atom. The fourth-order valence-electron chi connectivity index (χ4n) is 7.47. The molecule has 3 fully saturated rings. The smallest absolute Gasteiger partial charge is 0.417 e. The number of fused-ring (bicyclic) bond motifs is 3. The molecule has 7 rings (SSSR count). The summed E-state index contributed by atoms with van der Waals surface area (Å²) in [7, 11) is 1.21. The van der Waals surface area contributed by atoms with Gasteiger partial charge in [0.25, 0.3) is 0 Å². The first-order valence-corrected chi connectivity index (χ1v) is 18.0. The summed E-state index contributed by atoms with van der Waals surface area (Å²) >= 11 is 0.674. The number of thiophene rings is 1. The SMILES string of the molecule is CC.COc1nc(N2CCN(C(=O)CO)C(C)C2)c2cc(C(F)(F)F)c(-c3ccc(F)c4sc(N)c(C#N)c34)c(F)c2n1.C[C@@H]1CC2CCCN2C1. The first-order chi connectivity index (χ1) is 24.8. The van der Waals surface area contributed by atoms with Crippen molar-refractivity contribution >= 4 is 49.1 Å². The Kier molecular flexibility index (Phi) is 11.8. The number of alkyl halides is 3. The summed E-state index contributed by atoms with van der Waals surface area (Å²) in [6.07, 6.45) is -0.683. The van der Waals surface area contributed by atoms with E-state index in [2.05, 4.69) is 21.8 Å². The highest BCUT2D eigenvalue weighted by Gasteiger charge is 2.39. The molecule has 16 heteroatoms. The molecule has 3 atom stereocenters. The Bertz CT molecular complexity index is 1990. The van der Waals surface area contributed by atoms with Crippen LogP contribution in [0.5, 0.6) is 6.01 Å². The summed E-state index contributed by atoms with van der Waals surface area (Å²) in [6, 6.07) is 4.57. The number of piperazine rings is 1. The fraction of sp³-hybridized carbons (Fsp3) is 0.500. The van der Waals surface area contributed by atoms with Crippen LogP contribution in [-0.4, -0.2) is 89.3 Å². The number of aromatic nitrogens is 2. The Morgan fingerprint density at radius 1 is 1.15 bits per heavy atom. The van der Waals surface area contributed by atoms with Gasteiger partial charge in [-0.3, -0.25) is 4.79 Å². The van der Waals surface area contributed by atoms with Gasteiger partial charge < -0.3 is 30.3 Å². The normalized spacial score (nSPS) is 20.2. The lowest BCUT2D eigenvalue weighted by atomic mass is 9.92. The average Bonchev–Trinajstić information content (AvgIpc) is 3.81. The van der Waals surface area contributed by atoms with Gasteiger partial charge in [0.15, 0.2) is 5.82 Å². The molecule has 3 N–H and O–H groups in total. The first kappa shape index (κ1) is 38.9. The third kappa shape index (κ3) is 7.31. The van der Waals surface area contributed by atoms with Crippen LogP contribution in [0, 0.1) is 28.9 Å². The van der Waals surface area contributed by atoms with Gasteiger partial charge in [-0.1, -0.05) is 26.8 Å². The lowest BCUT2D eigenvalue weighted by Gasteiger charge is -2.40. The second-order valence-corrected chi connectivity index (χ2v) is 14.0. The molecule has 1 amide bonds. The lowest BCUT2D eigenvalue weighted by Crippen LogP contribution is -2.55. The van der Waals surface area contributed by atoms with Crippen LogP contribution >= 0.6 is 11.3 Å². The van der Waals surface area contributed by atoms with E-state index >= 15 is 4.39 Å². The molecule has 3 saturated heterocycles. The molecule has 0 aliphatic carbocycles. The first-order valence-electron chi connectivity index (χ1n) is 17.2. The van der Waals surface area contributed by atoms with Crippen LogP contribution in [0.2, 0.25) is 0 Å². The maximum absolute atomic E-state index is 16.4. The van der Waals surface area contributed by atoms with E-state index in [1.807, 2.05) is 13.8 Å². The van der Waals surface area contributed by atoms with Crippen LogP contribution in [-0.2, 0) is 11.0 Å². The molecular formula is C36H42F5N7O3S. The zero-order valence-corrected chi connectivity index (χ0v) is 30.5. The predicted octanol–water partition coefficient (Wildman–Crippen LogP) is 6.82. The van der Waals surface area contributed by atoms with Gasteiger partial charge in [-0.05, 0) is 56.3 Å². The number of aliphatic hydroxyl groups excluding tert-OH is 1. The molecule has 10 nitrogen and oxygen atoms in total. The molecule has 2 aromatic heterocycles. The van der Waals surface area contributed by atoms with Gasteiger partial charge in [0.2, 0.25) is 5.91 Å². The highest BCUT2D eigenvalue weighted by Crippen LogP contribution is 2.48. The van der Waals surface area contributed by atoms with Gasteiger partial charge in [0, 0.05) is 54.6 Å². The van der Waals surface area contributed by atoms with Crippen molar-refractivity contribution in [1.29, 1.82) is 5.26 Å². The lowest BCUT2D eigenvalue weighted by molar-refractivity contribution is -0.137. The predicted molar refractivity (Wildman–Crippen MR) is 191 cm³/mol. The number of anilines is 2. The summed E-state index contributed by atoms with van der Waals surface area (Å²) in [5, 5.41) is 18.2. The average molecular weight is 748 g/mol. The number of benzene rings is 2. The van der Waals surface area contributed by atoms with Gasteiger partial charge in [0.05, 0.1) is 22.9 Å². The number of nitrogens with two attached hydrogens (primary N) is 1. The number of nitrogens with zero attached hydrogens (tertiary/aromatic N) is 6. The number of methoxy groups -OCH3 is 1. The number of nitriles is 1. The molecule has 0 spiro atoms. The zero-order chi connectivity index (χ0) is 38.1. The van der Waals surface area contributed by atoms with Gasteiger partial charge >= 0.3 is 12.2 Å². The monoisotopic (exact) mass is 747 g/mol. The Balaban J connectivity index is 0.000000405. The number of carbonyl (C=O) groups excluding carboxylic acids is 1. The van der Waals surface area contributed by atoms with Crippen LogP contribution in [0.25, 0.3) is 32.1 Å². The highest BCUT2D eigenvalue weighted by atomic mass is 32.1. The number of amides is 1. The number of carbonyl (C=O) groups is 1. The van der Waals surface area contributed by atoms with E-state index in [9.17, 15) is 32.7 Å². The van der Waals surface area contributed by atoms with Crippen LogP contribution in [0.15, 0.2) is 18.2 Å². The van der Waals surface area contributed by atoms with Crippen molar-refractivity contribution in [2.24, 2.45) is 5.92 Å². The molecule has 3 aliphatic rings. The van der Waals surface area contributed by atoms with Gasteiger partial charge in [-0.2, -0.15) is 28.4 Å². The Labute approximate surface area is 302 Å². The summed E-state index contributed by atoms with van der Waals surface area (Å²) in [5.74, 6) is -1.77. The van der Waals surface area contributed by atoms with Crippen molar-refractivity contribution in [3.8, 4) is 23.2 Å². The summed E-state index contributed by atoms with van der Waals surface area (Å²) < 4.78 is 79.8. The summed E-state index contributed by atoms with van der Waals surface area (Å²) in [5.41, 5.74) is 2.41. The molecule has 4 aromatic rings. The van der Waals surface area contributed by atoms with Crippen molar-refractivity contribution < 1.29 is 36.6 Å². The van der Waals surface area contributed by atoms with Crippen molar-refractivity contribution in [3.05, 3.63) is 41.0 Å². The maximum Gasteiger partial charge on any atom is 0.417 e. The topological polar surface area (TPSA) is 132 Å². The van der Waals surface area contributed by atoms with Gasteiger partial charge in [-0.15, -0.1) is 11.3 Å². The number of hydrogen-bond acceptors (Lipinski definition) is 10. The molecule has 2 unspecified atom stereocenters. The van der Waals surface area contributed by atoms with Crippen molar-refractivity contribution in [3.63, 3.8) is 0 Å². The van der Waals surface area contributed by atoms with Gasteiger partial charge in [-0.25, -0.2) is 8.78 Å². The third-order valence-corrected chi connectivity index (χ3v) is 10.7. The van der Waals surface area contributed by atoms with Crippen molar-refractivity contribution in [1.82, 2.24) is 19.8 Å². The van der Waals surface area contributed by atoms with E-state index in [0.717, 1.165) is 30.2 Å². The van der Waals surface area contributed by atoms with Crippen molar-refractivity contribution in [2.45, 2.75) is 65.2 Å². The molecule has 2 aromatic carbocycles. The minimum absolute atomic E-state index is 0.0486. The van der Waals surface area contributed by atoms with E-state index in [4.69, 9.17) is 10.5 Å². The fourth-order valence-corrected chi connectivity index (χ4v) is 8.42. The molecule has 3 aliphatic heterocycles. The molecule has 0 radical (unpaired) electrons. The third-order valence-electron chi connectivity index (χ3n) is 9.68. The van der Waals surface area contributed by atoms with E-state index in [0.29, 0.717) is 11.3 Å². The highest BCUT2D eigenvalue weighted by molar-refractivity contribution is 7.23. The number of hydrogen-bond donors (Lipinski definition) is 2. The molecule has 52 heavy (non-hydrogen) atoms. The molecular weight excluding hydrogens is 705 g/mol. The largest absolute Gasteiger partial charge is 0.467 e. The quantitative estimate of drug-likeness (QED) is 0.216. The Hall–Kier alpha value is -4.33. The molecule has 0 bridgehead atoms. The van der Waals surface area contributed by atoms with Crippen LogP contribution in [0.1, 0.15) is 58.1 Å². The number of ether oxygens (including phenoxy) is 1. The zero-order valence-electron chi connectivity index (χ0n) is 29.7. The second kappa shape index (κ2) is 15.7. The minimum atomic E-state index is -5.09. The number of rotatable bonds is 4. The maximum atomic E-state index is 16.4. The summed E-state index contributed by atoms with van der Waals surface area (Å²) in [4.78, 5) is 26.0. The Morgan fingerprint density at radius 3 is 2.50 bits per heavy atom. The molecule has 5 heterocycles.